The monoisotopic (exact) mass is 161 g/mol. The topological polar surface area (TPSA) is 54.7 Å². The summed E-state index contributed by atoms with van der Waals surface area (Å²) >= 11 is 0. The minimum absolute atomic E-state index is 0.823. The maximum absolute atomic E-state index is 5.80. The quantitative estimate of drug-likeness (QED) is 0.578. The Bertz CT molecular complexity index is 429. The van der Waals surface area contributed by atoms with Gasteiger partial charge in [-0.3, -0.25) is 0 Å². The van der Waals surface area contributed by atoms with E-state index in [0.717, 1.165) is 27.8 Å². The number of aryl methyl sites for hydroxylation is 1. The third kappa shape index (κ3) is 0.794. The first-order valence-electron chi connectivity index (χ1n) is 3.89. The molecular weight excluding hydrogens is 150 g/mol. The average Bonchev–Trinajstić information content (AvgIpc) is 2.48. The molecule has 62 valence electrons. The van der Waals surface area contributed by atoms with Gasteiger partial charge < -0.3 is 10.7 Å². The number of aromatic nitrogens is 2. The zero-order valence-corrected chi connectivity index (χ0v) is 7.18. The van der Waals surface area contributed by atoms with Crippen LogP contribution in [0.4, 0.5) is 5.69 Å². The first kappa shape index (κ1) is 7.16. The Kier molecular flexibility index (Phi) is 1.33. The third-order valence-corrected chi connectivity index (χ3v) is 2.32. The molecule has 2 rings (SSSR count). The van der Waals surface area contributed by atoms with Crippen molar-refractivity contribution < 1.29 is 0 Å². The van der Waals surface area contributed by atoms with Crippen molar-refractivity contribution in [2.24, 2.45) is 0 Å². The summed E-state index contributed by atoms with van der Waals surface area (Å²) in [6.45, 7) is 4.05. The Balaban J connectivity index is 2.94. The Morgan fingerprint density at radius 3 is 2.83 bits per heavy atom. The van der Waals surface area contributed by atoms with Crippen molar-refractivity contribution in [3.8, 4) is 0 Å². The van der Waals surface area contributed by atoms with Crippen LogP contribution in [-0.4, -0.2) is 9.97 Å². The van der Waals surface area contributed by atoms with Crippen LogP contribution in [0.1, 0.15) is 11.1 Å². The predicted molar refractivity (Wildman–Crippen MR) is 50.0 cm³/mol. The highest BCUT2D eigenvalue weighted by Gasteiger charge is 2.05. The van der Waals surface area contributed by atoms with Gasteiger partial charge >= 0.3 is 0 Å². The van der Waals surface area contributed by atoms with E-state index in [2.05, 4.69) is 9.97 Å². The molecule has 0 atom stereocenters. The van der Waals surface area contributed by atoms with E-state index in [1.54, 1.807) is 6.33 Å². The number of nitrogen functional groups attached to an aromatic ring is 1. The number of nitrogens with two attached hydrogens (primary N) is 1. The molecule has 3 N–H and O–H groups in total. The summed E-state index contributed by atoms with van der Waals surface area (Å²) in [5.41, 5.74) is 10.9. The van der Waals surface area contributed by atoms with Crippen molar-refractivity contribution >= 4 is 16.7 Å². The van der Waals surface area contributed by atoms with Crippen LogP contribution in [0.2, 0.25) is 0 Å². The van der Waals surface area contributed by atoms with Gasteiger partial charge in [-0.2, -0.15) is 0 Å². The molecule has 3 heteroatoms. The van der Waals surface area contributed by atoms with E-state index < -0.39 is 0 Å². The highest BCUT2D eigenvalue weighted by atomic mass is 14.9. The summed E-state index contributed by atoms with van der Waals surface area (Å²) in [4.78, 5) is 7.25. The van der Waals surface area contributed by atoms with Crippen molar-refractivity contribution in [1.82, 2.24) is 9.97 Å². The fourth-order valence-electron chi connectivity index (χ4n) is 1.37. The second kappa shape index (κ2) is 2.24. The summed E-state index contributed by atoms with van der Waals surface area (Å²) < 4.78 is 0. The number of aromatic amines is 1. The van der Waals surface area contributed by atoms with Crippen molar-refractivity contribution in [3.63, 3.8) is 0 Å². The van der Waals surface area contributed by atoms with Gasteiger partial charge in [-0.15, -0.1) is 0 Å². The maximum Gasteiger partial charge on any atom is 0.0932 e. The van der Waals surface area contributed by atoms with Gasteiger partial charge in [0.2, 0.25) is 0 Å². The minimum Gasteiger partial charge on any atom is -0.398 e. The first-order chi connectivity index (χ1) is 5.70. The number of rotatable bonds is 0. The Labute approximate surface area is 70.6 Å². The van der Waals surface area contributed by atoms with Crippen LogP contribution in [0, 0.1) is 13.8 Å². The average molecular weight is 161 g/mol. The molecule has 0 saturated heterocycles. The number of imidazole rings is 1. The molecular formula is C9H11N3. The molecule has 0 saturated carbocycles. The van der Waals surface area contributed by atoms with Crippen molar-refractivity contribution in [1.29, 1.82) is 0 Å². The van der Waals surface area contributed by atoms with Crippen LogP contribution >= 0.6 is 0 Å². The van der Waals surface area contributed by atoms with Crippen LogP contribution in [0.5, 0.6) is 0 Å². The van der Waals surface area contributed by atoms with Crippen LogP contribution in [-0.2, 0) is 0 Å². The van der Waals surface area contributed by atoms with Gasteiger partial charge in [0.05, 0.1) is 17.4 Å². The molecule has 0 fully saturated rings. The van der Waals surface area contributed by atoms with Gasteiger partial charge in [0.25, 0.3) is 0 Å². The number of benzene rings is 1. The van der Waals surface area contributed by atoms with E-state index >= 15 is 0 Å². The summed E-state index contributed by atoms with van der Waals surface area (Å²) in [5, 5.41) is 0. The molecule has 1 heterocycles. The molecule has 1 aromatic carbocycles. The van der Waals surface area contributed by atoms with Gasteiger partial charge in [0, 0.05) is 5.69 Å². The smallest absolute Gasteiger partial charge is 0.0932 e. The molecule has 12 heavy (non-hydrogen) atoms. The first-order valence-corrected chi connectivity index (χ1v) is 3.89. The Morgan fingerprint density at radius 1 is 1.33 bits per heavy atom. The van der Waals surface area contributed by atoms with Gasteiger partial charge in [-0.1, -0.05) is 0 Å². The second-order valence-electron chi connectivity index (χ2n) is 3.01. The lowest BCUT2D eigenvalue weighted by atomic mass is 10.1. The maximum atomic E-state index is 5.80. The molecule has 0 unspecified atom stereocenters. The van der Waals surface area contributed by atoms with E-state index in [-0.39, 0.29) is 0 Å². The molecule has 3 nitrogen and oxygen atoms in total. The van der Waals surface area contributed by atoms with Crippen molar-refractivity contribution in [2.75, 3.05) is 5.73 Å². The number of fused-ring (bicyclic) bond motifs is 1. The summed E-state index contributed by atoms with van der Waals surface area (Å²) in [7, 11) is 0. The van der Waals surface area contributed by atoms with E-state index in [0.29, 0.717) is 0 Å². The largest absolute Gasteiger partial charge is 0.398 e. The minimum atomic E-state index is 0.823. The lowest BCUT2D eigenvalue weighted by Crippen LogP contribution is -1.92. The van der Waals surface area contributed by atoms with E-state index in [1.165, 1.54) is 0 Å². The molecule has 0 aliphatic carbocycles. The van der Waals surface area contributed by atoms with Crippen LogP contribution in [0.3, 0.4) is 0 Å². The number of nitrogens with one attached hydrogen (secondary N) is 1. The van der Waals surface area contributed by atoms with Crippen LogP contribution in [0.15, 0.2) is 12.4 Å². The van der Waals surface area contributed by atoms with Crippen molar-refractivity contribution in [3.05, 3.63) is 23.5 Å². The molecule has 0 aliphatic rings. The molecule has 0 spiro atoms. The van der Waals surface area contributed by atoms with Crippen LogP contribution in [0.25, 0.3) is 11.0 Å². The van der Waals surface area contributed by atoms with E-state index in [9.17, 15) is 0 Å². The molecule has 0 amide bonds. The summed E-state index contributed by atoms with van der Waals surface area (Å²) in [6, 6.07) is 1.92. The number of anilines is 1. The number of H-pyrrole nitrogens is 1. The number of hydrogen-bond acceptors (Lipinski definition) is 2. The standard InChI is InChI=1S/C9H11N3/c1-5-6(2)9-8(3-7(5)10)11-4-12-9/h3-4H,10H2,1-2H3,(H,11,12). The molecule has 0 aliphatic heterocycles. The SMILES string of the molecule is Cc1c(N)cc2[nH]cnc2c1C. The normalized spacial score (nSPS) is 10.8. The highest BCUT2D eigenvalue weighted by Crippen LogP contribution is 2.23. The van der Waals surface area contributed by atoms with E-state index in [1.807, 2.05) is 19.9 Å². The van der Waals surface area contributed by atoms with E-state index in [4.69, 9.17) is 5.73 Å². The number of hydrogen-bond donors (Lipinski definition) is 2. The Hall–Kier alpha value is -1.51. The number of nitrogens with zero attached hydrogens (tertiary/aromatic N) is 1. The summed E-state index contributed by atoms with van der Waals surface area (Å²) in [6.07, 6.45) is 1.69. The second-order valence-corrected chi connectivity index (χ2v) is 3.01. The molecule has 1 aromatic heterocycles. The zero-order valence-electron chi connectivity index (χ0n) is 7.18. The fraction of sp³-hybridized carbons (Fsp3) is 0.222. The van der Waals surface area contributed by atoms with Crippen molar-refractivity contribution in [2.45, 2.75) is 13.8 Å². The van der Waals surface area contributed by atoms with Gasteiger partial charge in [0.15, 0.2) is 0 Å². The predicted octanol–water partition coefficient (Wildman–Crippen LogP) is 1.76. The van der Waals surface area contributed by atoms with Crippen LogP contribution < -0.4 is 5.73 Å². The zero-order chi connectivity index (χ0) is 8.72. The van der Waals surface area contributed by atoms with Gasteiger partial charge in [0.1, 0.15) is 0 Å². The molecule has 0 radical (unpaired) electrons. The van der Waals surface area contributed by atoms with Gasteiger partial charge in [-0.05, 0) is 31.0 Å². The van der Waals surface area contributed by atoms with Gasteiger partial charge in [-0.25, -0.2) is 4.98 Å². The fourth-order valence-corrected chi connectivity index (χ4v) is 1.37. The third-order valence-electron chi connectivity index (χ3n) is 2.32. The lowest BCUT2D eigenvalue weighted by Gasteiger charge is -2.03. The molecule has 2 aromatic rings. The molecule has 0 bridgehead atoms. The summed E-state index contributed by atoms with van der Waals surface area (Å²) in [5.74, 6) is 0. The highest BCUT2D eigenvalue weighted by molar-refractivity contribution is 5.83. The Morgan fingerprint density at radius 2 is 2.08 bits per heavy atom. The lowest BCUT2D eigenvalue weighted by molar-refractivity contribution is 1.32.